The van der Waals surface area contributed by atoms with E-state index in [1.807, 2.05) is 0 Å². The van der Waals surface area contributed by atoms with Crippen molar-refractivity contribution in [2.24, 2.45) is 11.0 Å². The fourth-order valence-electron chi connectivity index (χ4n) is 3.20. The van der Waals surface area contributed by atoms with Crippen LogP contribution in [0.2, 0.25) is 0 Å². The van der Waals surface area contributed by atoms with Crippen molar-refractivity contribution in [2.45, 2.75) is 51.9 Å². The Morgan fingerprint density at radius 3 is 2.52 bits per heavy atom. The summed E-state index contributed by atoms with van der Waals surface area (Å²) in [7, 11) is 0. The average molecular weight is 432 g/mol. The summed E-state index contributed by atoms with van der Waals surface area (Å²) < 4.78 is 16.3. The highest BCUT2D eigenvalue weighted by Crippen LogP contribution is 2.26. The number of nitrogens with zero attached hydrogens (tertiary/aromatic N) is 4. The summed E-state index contributed by atoms with van der Waals surface area (Å²) in [6, 6.07) is 8.51. The van der Waals surface area contributed by atoms with Crippen molar-refractivity contribution in [3.05, 3.63) is 46.3 Å². The molecule has 1 aromatic rings. The average Bonchev–Trinajstić information content (AvgIpc) is 2.70. The fraction of sp³-hybridized carbons (Fsp3) is 0.571. The van der Waals surface area contributed by atoms with E-state index in [0.29, 0.717) is 18.5 Å². The van der Waals surface area contributed by atoms with Crippen LogP contribution >= 0.6 is 0 Å². The number of ether oxygens (including phenoxy) is 3. The third-order valence-electron chi connectivity index (χ3n) is 4.59. The summed E-state index contributed by atoms with van der Waals surface area (Å²) in [6.45, 7) is 7.06. The number of carbonyl (C=O) groups is 3. The molecule has 1 amide bonds. The number of carbonyl (C=O) groups excluding carboxylic acids is 3. The second-order valence-corrected chi connectivity index (χ2v) is 8.26. The molecule has 31 heavy (non-hydrogen) atoms. The van der Waals surface area contributed by atoms with Gasteiger partial charge in [0.15, 0.2) is 0 Å². The molecule has 1 heterocycles. The molecule has 10 nitrogen and oxygen atoms in total. The van der Waals surface area contributed by atoms with Crippen LogP contribution in [0.3, 0.4) is 0 Å². The number of benzene rings is 1. The highest BCUT2D eigenvalue weighted by atomic mass is 16.6. The molecular weight excluding hydrogens is 404 g/mol. The molecule has 2 rings (SSSR count). The van der Waals surface area contributed by atoms with E-state index in [1.165, 1.54) is 11.8 Å². The SMILES string of the molecule is CC(=O)O[C@@H](C(=O)O[C@@H]1CN(C(=O)OC(C)(C)C)CC[C@H]1CN=[N+]=[N-])c1ccccc1. The number of rotatable bonds is 6. The van der Waals surface area contributed by atoms with Gasteiger partial charge in [0.2, 0.25) is 6.10 Å². The van der Waals surface area contributed by atoms with Crippen molar-refractivity contribution in [1.82, 2.24) is 4.90 Å². The van der Waals surface area contributed by atoms with Gasteiger partial charge in [-0.2, -0.15) is 0 Å². The van der Waals surface area contributed by atoms with Gasteiger partial charge in [-0.15, -0.1) is 0 Å². The van der Waals surface area contributed by atoms with Crippen LogP contribution in [-0.2, 0) is 23.8 Å². The lowest BCUT2D eigenvalue weighted by atomic mass is 9.94. The van der Waals surface area contributed by atoms with Gasteiger partial charge in [-0.3, -0.25) is 4.79 Å². The molecule has 0 spiro atoms. The lowest BCUT2D eigenvalue weighted by Crippen LogP contribution is -2.50. The van der Waals surface area contributed by atoms with Crippen molar-refractivity contribution in [3.63, 3.8) is 0 Å². The van der Waals surface area contributed by atoms with Gasteiger partial charge in [0.25, 0.3) is 0 Å². The van der Waals surface area contributed by atoms with Gasteiger partial charge in [0, 0.05) is 36.4 Å². The first kappa shape index (κ1) is 24.0. The molecule has 3 atom stereocenters. The molecule has 10 heteroatoms. The van der Waals surface area contributed by atoms with Crippen molar-refractivity contribution in [1.29, 1.82) is 0 Å². The summed E-state index contributed by atoms with van der Waals surface area (Å²) >= 11 is 0. The maximum absolute atomic E-state index is 12.9. The molecule has 0 aliphatic carbocycles. The molecule has 1 saturated heterocycles. The predicted octanol–water partition coefficient (Wildman–Crippen LogP) is 3.77. The number of likely N-dealkylation sites (tertiary alicyclic amines) is 1. The fourth-order valence-corrected chi connectivity index (χ4v) is 3.20. The van der Waals surface area contributed by atoms with Gasteiger partial charge in [-0.25, -0.2) is 9.59 Å². The Morgan fingerprint density at radius 1 is 1.26 bits per heavy atom. The summed E-state index contributed by atoms with van der Waals surface area (Å²) in [6.07, 6.45) is -2.05. The predicted molar refractivity (Wildman–Crippen MR) is 111 cm³/mol. The third-order valence-corrected chi connectivity index (χ3v) is 4.59. The lowest BCUT2D eigenvalue weighted by molar-refractivity contribution is -0.175. The number of hydrogen-bond acceptors (Lipinski definition) is 7. The minimum absolute atomic E-state index is 0.0772. The molecule has 0 radical (unpaired) electrons. The number of hydrogen-bond donors (Lipinski definition) is 0. The van der Waals surface area contributed by atoms with Crippen LogP contribution < -0.4 is 0 Å². The molecule has 168 valence electrons. The lowest BCUT2D eigenvalue weighted by Gasteiger charge is -2.38. The first-order valence-electron chi connectivity index (χ1n) is 10.0. The minimum Gasteiger partial charge on any atom is -0.457 e. The molecule has 1 aliphatic heterocycles. The summed E-state index contributed by atoms with van der Waals surface area (Å²) in [5, 5.41) is 3.60. The van der Waals surface area contributed by atoms with E-state index in [9.17, 15) is 14.4 Å². The molecular formula is C21H28N4O6. The smallest absolute Gasteiger partial charge is 0.410 e. The minimum atomic E-state index is -1.24. The van der Waals surface area contributed by atoms with Crippen LogP contribution in [0, 0.1) is 5.92 Å². The molecule has 1 aromatic carbocycles. The first-order chi connectivity index (χ1) is 14.6. The second kappa shape index (κ2) is 10.7. The quantitative estimate of drug-likeness (QED) is 0.221. The maximum atomic E-state index is 12.9. The van der Waals surface area contributed by atoms with Crippen molar-refractivity contribution in [3.8, 4) is 0 Å². The van der Waals surface area contributed by atoms with Gasteiger partial charge in [0.1, 0.15) is 11.7 Å². The largest absolute Gasteiger partial charge is 0.457 e. The Bertz CT molecular complexity index is 832. The van der Waals surface area contributed by atoms with Crippen LogP contribution in [0.25, 0.3) is 10.4 Å². The van der Waals surface area contributed by atoms with Crippen LogP contribution in [0.5, 0.6) is 0 Å². The van der Waals surface area contributed by atoms with E-state index in [-0.39, 0.29) is 19.0 Å². The van der Waals surface area contributed by atoms with Crippen LogP contribution in [0.4, 0.5) is 4.79 Å². The summed E-state index contributed by atoms with van der Waals surface area (Å²) in [4.78, 5) is 41.2. The van der Waals surface area contributed by atoms with Crippen molar-refractivity contribution in [2.75, 3.05) is 19.6 Å². The van der Waals surface area contributed by atoms with E-state index in [4.69, 9.17) is 19.7 Å². The molecule has 1 aliphatic rings. The molecule has 0 aromatic heterocycles. The van der Waals surface area contributed by atoms with E-state index >= 15 is 0 Å². The van der Waals surface area contributed by atoms with Gasteiger partial charge in [-0.05, 0) is 32.7 Å². The van der Waals surface area contributed by atoms with E-state index in [2.05, 4.69) is 10.0 Å². The van der Waals surface area contributed by atoms with Gasteiger partial charge in [0.05, 0.1) is 6.54 Å². The summed E-state index contributed by atoms with van der Waals surface area (Å²) in [5.74, 6) is -1.67. The first-order valence-corrected chi connectivity index (χ1v) is 10.0. The molecule has 1 fully saturated rings. The van der Waals surface area contributed by atoms with E-state index in [1.54, 1.807) is 51.1 Å². The monoisotopic (exact) mass is 432 g/mol. The van der Waals surface area contributed by atoms with Crippen LogP contribution in [0.1, 0.15) is 45.8 Å². The third kappa shape index (κ3) is 7.49. The van der Waals surface area contributed by atoms with Crippen molar-refractivity contribution < 1.29 is 28.6 Å². The van der Waals surface area contributed by atoms with E-state index < -0.39 is 35.8 Å². The van der Waals surface area contributed by atoms with Crippen LogP contribution in [-0.4, -0.2) is 54.3 Å². The van der Waals surface area contributed by atoms with E-state index in [0.717, 1.165) is 0 Å². The Morgan fingerprint density at radius 2 is 1.94 bits per heavy atom. The zero-order chi connectivity index (χ0) is 23.0. The number of amides is 1. The maximum Gasteiger partial charge on any atom is 0.410 e. The second-order valence-electron chi connectivity index (χ2n) is 8.26. The molecule has 0 bridgehead atoms. The normalized spacial score (nSPS) is 19.5. The highest BCUT2D eigenvalue weighted by molar-refractivity contribution is 5.80. The topological polar surface area (TPSA) is 131 Å². The zero-order valence-electron chi connectivity index (χ0n) is 18.2. The molecule has 0 saturated carbocycles. The van der Waals surface area contributed by atoms with Crippen LogP contribution in [0.15, 0.2) is 35.4 Å². The molecule has 0 unspecified atom stereocenters. The number of piperidine rings is 1. The van der Waals surface area contributed by atoms with Gasteiger partial charge >= 0.3 is 18.0 Å². The standard InChI is InChI=1S/C21H28N4O6/c1-14(26)29-18(15-8-6-5-7-9-15)19(27)30-17-13-25(20(28)31-21(2,3)4)11-10-16(17)12-23-24-22/h5-9,16-18H,10-13H2,1-4H3/t16-,17+,18+/m0/s1. The van der Waals surface area contributed by atoms with Gasteiger partial charge < -0.3 is 19.1 Å². The Labute approximate surface area is 181 Å². The summed E-state index contributed by atoms with van der Waals surface area (Å²) in [5.41, 5.74) is 8.48. The number of azide groups is 1. The van der Waals surface area contributed by atoms with Crippen molar-refractivity contribution >= 4 is 18.0 Å². The highest BCUT2D eigenvalue weighted by Gasteiger charge is 2.37. The molecule has 0 N–H and O–H groups in total. The Kier molecular flexibility index (Phi) is 8.27. The Hall–Kier alpha value is -3.26. The van der Waals surface area contributed by atoms with Gasteiger partial charge in [-0.1, -0.05) is 35.4 Å². The number of esters is 2. The Balaban J connectivity index is 2.19. The zero-order valence-corrected chi connectivity index (χ0v) is 18.2.